The van der Waals surface area contributed by atoms with E-state index in [2.05, 4.69) is 22.3 Å². The number of rotatable bonds is 4. The van der Waals surface area contributed by atoms with Gasteiger partial charge in [0.2, 0.25) is 6.79 Å². The summed E-state index contributed by atoms with van der Waals surface area (Å²) in [5, 5.41) is 3.03. The highest BCUT2D eigenvalue weighted by molar-refractivity contribution is 5.91. The molecule has 26 heavy (non-hydrogen) atoms. The van der Waals surface area contributed by atoms with Crippen molar-refractivity contribution in [2.75, 3.05) is 38.2 Å². The minimum Gasteiger partial charge on any atom is -0.454 e. The van der Waals surface area contributed by atoms with E-state index in [0.29, 0.717) is 6.54 Å². The van der Waals surface area contributed by atoms with E-state index < -0.39 is 0 Å². The number of nitrogens with zero attached hydrogens (tertiary/aromatic N) is 2. The molecule has 0 atom stereocenters. The number of carbonyl (C=O) groups is 1. The molecule has 2 amide bonds. The lowest BCUT2D eigenvalue weighted by atomic mass is 10.1. The van der Waals surface area contributed by atoms with Crippen molar-refractivity contribution in [3.8, 4) is 11.5 Å². The van der Waals surface area contributed by atoms with Gasteiger partial charge in [0, 0.05) is 39.1 Å². The van der Waals surface area contributed by atoms with Gasteiger partial charge in [0.1, 0.15) is 0 Å². The smallest absolute Gasteiger partial charge is 0.321 e. The first-order valence-electron chi connectivity index (χ1n) is 8.54. The standard InChI is InChI=1S/C20H25N3O3/c1-13-8-16(22(3)4)9-14(2)19(13)21-20(24)23(5)11-15-6-7-17-18(10-15)26-12-25-17/h6-10H,11-12H2,1-5H3,(H,21,24). The lowest BCUT2D eigenvalue weighted by Gasteiger charge is -2.22. The highest BCUT2D eigenvalue weighted by Crippen LogP contribution is 2.33. The largest absolute Gasteiger partial charge is 0.454 e. The fourth-order valence-corrected chi connectivity index (χ4v) is 2.98. The Balaban J connectivity index is 1.70. The number of nitrogens with one attached hydrogen (secondary N) is 1. The molecule has 1 heterocycles. The third kappa shape index (κ3) is 3.69. The van der Waals surface area contributed by atoms with Gasteiger partial charge in [-0.2, -0.15) is 0 Å². The number of urea groups is 1. The molecule has 1 N–H and O–H groups in total. The third-order valence-corrected chi connectivity index (χ3v) is 4.47. The van der Waals surface area contributed by atoms with Crippen LogP contribution in [0, 0.1) is 13.8 Å². The second kappa shape index (κ2) is 7.15. The lowest BCUT2D eigenvalue weighted by molar-refractivity contribution is 0.174. The summed E-state index contributed by atoms with van der Waals surface area (Å²) >= 11 is 0. The van der Waals surface area contributed by atoms with Crippen LogP contribution in [0.15, 0.2) is 30.3 Å². The molecular formula is C20H25N3O3. The van der Waals surface area contributed by atoms with Crippen LogP contribution in [0.3, 0.4) is 0 Å². The summed E-state index contributed by atoms with van der Waals surface area (Å²) < 4.78 is 10.7. The number of hydrogen-bond donors (Lipinski definition) is 1. The maximum Gasteiger partial charge on any atom is 0.321 e. The van der Waals surface area contributed by atoms with Crippen LogP contribution in [0.4, 0.5) is 16.2 Å². The van der Waals surface area contributed by atoms with Crippen LogP contribution in [0.1, 0.15) is 16.7 Å². The molecule has 1 aliphatic heterocycles. The van der Waals surface area contributed by atoms with Gasteiger partial charge in [-0.1, -0.05) is 6.07 Å². The number of benzene rings is 2. The Bertz CT molecular complexity index is 810. The first-order valence-corrected chi connectivity index (χ1v) is 8.54. The zero-order valence-electron chi connectivity index (χ0n) is 15.9. The molecule has 0 bridgehead atoms. The van der Waals surface area contributed by atoms with E-state index in [1.54, 1.807) is 11.9 Å². The van der Waals surface area contributed by atoms with Gasteiger partial charge in [0.25, 0.3) is 0 Å². The van der Waals surface area contributed by atoms with E-state index in [-0.39, 0.29) is 12.8 Å². The Morgan fingerprint density at radius 2 is 1.69 bits per heavy atom. The number of amides is 2. The Kier molecular flexibility index (Phi) is 4.93. The number of anilines is 2. The Morgan fingerprint density at radius 1 is 1.04 bits per heavy atom. The monoisotopic (exact) mass is 355 g/mol. The summed E-state index contributed by atoms with van der Waals surface area (Å²) in [6, 6.07) is 9.72. The van der Waals surface area contributed by atoms with E-state index in [9.17, 15) is 4.79 Å². The van der Waals surface area contributed by atoms with Crippen molar-refractivity contribution in [3.05, 3.63) is 47.0 Å². The fraction of sp³-hybridized carbons (Fsp3) is 0.350. The Labute approximate surface area is 154 Å². The molecule has 0 fully saturated rings. The molecule has 1 aliphatic rings. The van der Waals surface area contributed by atoms with Crippen molar-refractivity contribution in [2.45, 2.75) is 20.4 Å². The summed E-state index contributed by atoms with van der Waals surface area (Å²) in [5.41, 5.74) is 5.05. The maximum absolute atomic E-state index is 12.6. The van der Waals surface area contributed by atoms with E-state index in [1.165, 1.54) is 0 Å². The van der Waals surface area contributed by atoms with Gasteiger partial charge in [0.05, 0.1) is 0 Å². The van der Waals surface area contributed by atoms with Gasteiger partial charge >= 0.3 is 6.03 Å². The van der Waals surface area contributed by atoms with Crippen molar-refractivity contribution in [1.82, 2.24) is 4.90 Å². The van der Waals surface area contributed by atoms with Gasteiger partial charge in [-0.3, -0.25) is 0 Å². The molecule has 0 spiro atoms. The lowest BCUT2D eigenvalue weighted by Crippen LogP contribution is -2.31. The van der Waals surface area contributed by atoms with E-state index in [1.807, 2.05) is 46.1 Å². The molecule has 0 saturated carbocycles. The molecule has 0 aromatic heterocycles. The summed E-state index contributed by atoms with van der Waals surface area (Å²) in [5.74, 6) is 1.47. The van der Waals surface area contributed by atoms with Crippen LogP contribution in [-0.2, 0) is 6.54 Å². The highest BCUT2D eigenvalue weighted by Gasteiger charge is 2.16. The molecular weight excluding hydrogens is 330 g/mol. The molecule has 6 heteroatoms. The molecule has 0 saturated heterocycles. The number of fused-ring (bicyclic) bond motifs is 1. The molecule has 6 nitrogen and oxygen atoms in total. The van der Waals surface area contributed by atoms with Gasteiger partial charge in [-0.25, -0.2) is 4.79 Å². The average Bonchev–Trinajstić information content (AvgIpc) is 3.05. The van der Waals surface area contributed by atoms with Crippen LogP contribution < -0.4 is 19.7 Å². The van der Waals surface area contributed by atoms with Crippen molar-refractivity contribution in [1.29, 1.82) is 0 Å². The van der Waals surface area contributed by atoms with Crippen molar-refractivity contribution in [3.63, 3.8) is 0 Å². The second-order valence-electron chi connectivity index (χ2n) is 6.82. The van der Waals surface area contributed by atoms with Crippen LogP contribution in [0.2, 0.25) is 0 Å². The molecule has 138 valence electrons. The Hall–Kier alpha value is -2.89. The van der Waals surface area contributed by atoms with Crippen LogP contribution in [0.25, 0.3) is 0 Å². The summed E-state index contributed by atoms with van der Waals surface area (Å²) in [7, 11) is 5.79. The Morgan fingerprint density at radius 3 is 2.35 bits per heavy atom. The SMILES string of the molecule is Cc1cc(N(C)C)cc(C)c1NC(=O)N(C)Cc1ccc2c(c1)OCO2. The number of aryl methyl sites for hydroxylation is 2. The zero-order chi connectivity index (χ0) is 18.8. The van der Waals surface area contributed by atoms with Gasteiger partial charge in [0.15, 0.2) is 11.5 Å². The minimum atomic E-state index is -0.147. The van der Waals surface area contributed by atoms with Gasteiger partial charge in [-0.15, -0.1) is 0 Å². The predicted octanol–water partition coefficient (Wildman–Crippen LogP) is 3.76. The average molecular weight is 355 g/mol. The van der Waals surface area contributed by atoms with Crippen molar-refractivity contribution < 1.29 is 14.3 Å². The van der Waals surface area contributed by atoms with Gasteiger partial charge < -0.3 is 24.6 Å². The fourth-order valence-electron chi connectivity index (χ4n) is 2.98. The van der Waals surface area contributed by atoms with E-state index in [4.69, 9.17) is 9.47 Å². The van der Waals surface area contributed by atoms with E-state index >= 15 is 0 Å². The molecule has 0 aliphatic carbocycles. The third-order valence-electron chi connectivity index (χ3n) is 4.47. The topological polar surface area (TPSA) is 54.0 Å². The molecule has 0 radical (unpaired) electrons. The number of hydrogen-bond acceptors (Lipinski definition) is 4. The van der Waals surface area contributed by atoms with Crippen molar-refractivity contribution >= 4 is 17.4 Å². The first-order chi connectivity index (χ1) is 12.3. The second-order valence-corrected chi connectivity index (χ2v) is 6.82. The maximum atomic E-state index is 12.6. The quantitative estimate of drug-likeness (QED) is 0.907. The highest BCUT2D eigenvalue weighted by atomic mass is 16.7. The summed E-state index contributed by atoms with van der Waals surface area (Å²) in [6.45, 7) is 4.74. The molecule has 3 rings (SSSR count). The minimum absolute atomic E-state index is 0.147. The predicted molar refractivity (Wildman–Crippen MR) is 103 cm³/mol. The normalized spacial score (nSPS) is 12.0. The first kappa shape index (κ1) is 17.9. The van der Waals surface area contributed by atoms with Crippen LogP contribution in [0.5, 0.6) is 11.5 Å². The van der Waals surface area contributed by atoms with Crippen molar-refractivity contribution in [2.24, 2.45) is 0 Å². The van der Waals surface area contributed by atoms with Gasteiger partial charge in [-0.05, 0) is 54.8 Å². The number of carbonyl (C=O) groups excluding carboxylic acids is 1. The van der Waals surface area contributed by atoms with Crippen LogP contribution in [-0.4, -0.2) is 38.9 Å². The summed E-state index contributed by atoms with van der Waals surface area (Å²) in [4.78, 5) is 16.3. The molecule has 2 aromatic carbocycles. The summed E-state index contributed by atoms with van der Waals surface area (Å²) in [6.07, 6.45) is 0. The molecule has 2 aromatic rings. The number of ether oxygens (including phenoxy) is 2. The molecule has 0 unspecified atom stereocenters. The zero-order valence-corrected chi connectivity index (χ0v) is 15.9. The van der Waals surface area contributed by atoms with E-state index in [0.717, 1.165) is 39.6 Å². The van der Waals surface area contributed by atoms with Crippen LogP contribution >= 0.6 is 0 Å².